The fourth-order valence-corrected chi connectivity index (χ4v) is 2.87. The lowest BCUT2D eigenvalue weighted by Crippen LogP contribution is -2.41. The van der Waals surface area contributed by atoms with E-state index in [1.54, 1.807) is 0 Å². The molecular formula is C15H30IN3. The summed E-state index contributed by atoms with van der Waals surface area (Å²) in [6, 6.07) is 0. The third-order valence-corrected chi connectivity index (χ3v) is 4.58. The molecule has 0 aromatic heterocycles. The Morgan fingerprint density at radius 1 is 0.895 bits per heavy atom. The zero-order chi connectivity index (χ0) is 12.8. The molecule has 0 atom stereocenters. The number of guanidine groups is 1. The predicted octanol–water partition coefficient (Wildman–Crippen LogP) is 3.40. The number of hydrogen-bond donors (Lipinski definition) is 2. The second kappa shape index (κ2) is 9.03. The standard InChI is InChI=1S/C15H29N3.HI/c1-3-12-4-6-13(7-5-12)10-17-15(16-2)18-11-14-8-9-14;/h12-14H,3-11H2,1-2H3,(H2,16,17,18);1H. The highest BCUT2D eigenvalue weighted by Gasteiger charge is 2.22. The molecule has 0 unspecified atom stereocenters. The molecule has 112 valence electrons. The molecule has 0 amide bonds. The smallest absolute Gasteiger partial charge is 0.190 e. The highest BCUT2D eigenvalue weighted by Crippen LogP contribution is 2.30. The van der Waals surface area contributed by atoms with Crippen molar-refractivity contribution in [2.24, 2.45) is 22.7 Å². The monoisotopic (exact) mass is 379 g/mol. The van der Waals surface area contributed by atoms with E-state index < -0.39 is 0 Å². The third-order valence-electron chi connectivity index (χ3n) is 4.58. The van der Waals surface area contributed by atoms with Crippen molar-refractivity contribution in [1.29, 1.82) is 0 Å². The van der Waals surface area contributed by atoms with Gasteiger partial charge in [-0.2, -0.15) is 0 Å². The first-order valence-corrected chi connectivity index (χ1v) is 7.76. The minimum atomic E-state index is 0. The first-order valence-electron chi connectivity index (χ1n) is 7.76. The van der Waals surface area contributed by atoms with Gasteiger partial charge in [-0.3, -0.25) is 4.99 Å². The van der Waals surface area contributed by atoms with E-state index >= 15 is 0 Å². The summed E-state index contributed by atoms with van der Waals surface area (Å²) in [4.78, 5) is 4.30. The topological polar surface area (TPSA) is 36.4 Å². The number of nitrogens with one attached hydrogen (secondary N) is 2. The summed E-state index contributed by atoms with van der Waals surface area (Å²) in [7, 11) is 1.87. The van der Waals surface area contributed by atoms with E-state index in [0.29, 0.717) is 0 Å². The summed E-state index contributed by atoms with van der Waals surface area (Å²) in [5, 5.41) is 6.92. The molecule has 2 aliphatic carbocycles. The Kier molecular flexibility index (Phi) is 8.11. The van der Waals surface area contributed by atoms with E-state index in [9.17, 15) is 0 Å². The molecule has 19 heavy (non-hydrogen) atoms. The Morgan fingerprint density at radius 2 is 1.32 bits per heavy atom. The zero-order valence-corrected chi connectivity index (χ0v) is 14.8. The number of halogens is 1. The molecule has 0 aromatic rings. The van der Waals surface area contributed by atoms with E-state index in [1.165, 1.54) is 44.9 Å². The maximum atomic E-state index is 4.30. The van der Waals surface area contributed by atoms with Gasteiger partial charge in [0, 0.05) is 20.1 Å². The van der Waals surface area contributed by atoms with Crippen molar-refractivity contribution in [3.8, 4) is 0 Å². The van der Waals surface area contributed by atoms with Crippen LogP contribution in [-0.4, -0.2) is 26.1 Å². The van der Waals surface area contributed by atoms with Gasteiger partial charge >= 0.3 is 0 Å². The van der Waals surface area contributed by atoms with Crippen molar-refractivity contribution in [3.63, 3.8) is 0 Å². The molecule has 3 nitrogen and oxygen atoms in total. The van der Waals surface area contributed by atoms with Crippen LogP contribution in [0.2, 0.25) is 0 Å². The maximum Gasteiger partial charge on any atom is 0.190 e. The second-order valence-corrected chi connectivity index (χ2v) is 6.07. The number of rotatable bonds is 5. The summed E-state index contributed by atoms with van der Waals surface area (Å²) < 4.78 is 0. The number of hydrogen-bond acceptors (Lipinski definition) is 1. The minimum Gasteiger partial charge on any atom is -0.356 e. The first-order chi connectivity index (χ1) is 8.81. The van der Waals surface area contributed by atoms with Crippen LogP contribution < -0.4 is 10.6 Å². The van der Waals surface area contributed by atoms with Crippen molar-refractivity contribution in [2.75, 3.05) is 20.1 Å². The maximum absolute atomic E-state index is 4.30. The summed E-state index contributed by atoms with van der Waals surface area (Å²) in [6.07, 6.45) is 9.80. The van der Waals surface area contributed by atoms with Crippen LogP contribution in [0.5, 0.6) is 0 Å². The molecule has 0 saturated heterocycles. The summed E-state index contributed by atoms with van der Waals surface area (Å²) in [5.74, 6) is 3.75. The van der Waals surface area contributed by atoms with Gasteiger partial charge in [-0.05, 0) is 43.4 Å². The minimum absolute atomic E-state index is 0. The van der Waals surface area contributed by atoms with Gasteiger partial charge < -0.3 is 10.6 Å². The van der Waals surface area contributed by atoms with Crippen LogP contribution in [-0.2, 0) is 0 Å². The molecule has 2 N–H and O–H groups in total. The fraction of sp³-hybridized carbons (Fsp3) is 0.933. The molecule has 2 aliphatic rings. The van der Waals surface area contributed by atoms with Crippen LogP contribution in [0, 0.1) is 17.8 Å². The van der Waals surface area contributed by atoms with Gasteiger partial charge in [0.1, 0.15) is 0 Å². The van der Waals surface area contributed by atoms with Gasteiger partial charge in [0.25, 0.3) is 0 Å². The molecule has 2 rings (SSSR count). The molecule has 2 fully saturated rings. The van der Waals surface area contributed by atoms with Gasteiger partial charge in [-0.1, -0.05) is 26.2 Å². The van der Waals surface area contributed by atoms with E-state index in [2.05, 4.69) is 22.5 Å². The predicted molar refractivity (Wildman–Crippen MR) is 93.2 cm³/mol. The van der Waals surface area contributed by atoms with Gasteiger partial charge in [-0.25, -0.2) is 0 Å². The Morgan fingerprint density at radius 3 is 1.68 bits per heavy atom. The van der Waals surface area contributed by atoms with Gasteiger partial charge in [-0.15, -0.1) is 24.0 Å². The molecule has 4 heteroatoms. The quantitative estimate of drug-likeness (QED) is 0.437. The first kappa shape index (κ1) is 17.1. The highest BCUT2D eigenvalue weighted by atomic mass is 127. The molecular weight excluding hydrogens is 349 g/mol. The lowest BCUT2D eigenvalue weighted by atomic mass is 9.81. The lowest BCUT2D eigenvalue weighted by molar-refractivity contribution is 0.269. The van der Waals surface area contributed by atoms with E-state index in [1.807, 2.05) is 7.05 Å². The molecule has 0 aromatic carbocycles. The number of nitrogens with zero attached hydrogens (tertiary/aromatic N) is 1. The zero-order valence-electron chi connectivity index (χ0n) is 12.5. The third kappa shape index (κ3) is 6.32. The molecule has 2 saturated carbocycles. The van der Waals surface area contributed by atoms with Crippen molar-refractivity contribution in [2.45, 2.75) is 51.9 Å². The van der Waals surface area contributed by atoms with Crippen molar-refractivity contribution in [3.05, 3.63) is 0 Å². The second-order valence-electron chi connectivity index (χ2n) is 6.07. The Bertz CT molecular complexity index is 269. The molecule has 0 radical (unpaired) electrons. The van der Waals surface area contributed by atoms with Crippen molar-refractivity contribution < 1.29 is 0 Å². The molecule has 0 aliphatic heterocycles. The van der Waals surface area contributed by atoms with E-state index in [4.69, 9.17) is 0 Å². The Balaban J connectivity index is 0.00000180. The van der Waals surface area contributed by atoms with Gasteiger partial charge in [0.15, 0.2) is 5.96 Å². The number of aliphatic imine (C=N–C) groups is 1. The van der Waals surface area contributed by atoms with Crippen LogP contribution in [0.3, 0.4) is 0 Å². The average molecular weight is 379 g/mol. The van der Waals surface area contributed by atoms with Crippen LogP contribution in [0.25, 0.3) is 0 Å². The SMILES string of the molecule is CCC1CCC(CNC(=NC)NCC2CC2)CC1.I. The Labute approximate surface area is 135 Å². The van der Waals surface area contributed by atoms with Crippen LogP contribution >= 0.6 is 24.0 Å². The van der Waals surface area contributed by atoms with Crippen molar-refractivity contribution in [1.82, 2.24) is 10.6 Å². The van der Waals surface area contributed by atoms with Crippen molar-refractivity contribution >= 4 is 29.9 Å². The Hall–Kier alpha value is 0. The van der Waals surface area contributed by atoms with Crippen LogP contribution in [0.15, 0.2) is 4.99 Å². The lowest BCUT2D eigenvalue weighted by Gasteiger charge is -2.28. The molecule has 0 heterocycles. The van der Waals surface area contributed by atoms with Crippen LogP contribution in [0.1, 0.15) is 51.9 Å². The molecule has 0 bridgehead atoms. The van der Waals surface area contributed by atoms with Gasteiger partial charge in [0.2, 0.25) is 0 Å². The summed E-state index contributed by atoms with van der Waals surface area (Å²) >= 11 is 0. The normalized spacial score (nSPS) is 27.6. The van der Waals surface area contributed by atoms with E-state index in [-0.39, 0.29) is 24.0 Å². The average Bonchev–Trinajstić information content (AvgIpc) is 3.24. The summed E-state index contributed by atoms with van der Waals surface area (Å²) in [5.41, 5.74) is 0. The largest absolute Gasteiger partial charge is 0.356 e. The summed E-state index contributed by atoms with van der Waals surface area (Å²) in [6.45, 7) is 4.52. The highest BCUT2D eigenvalue weighted by molar-refractivity contribution is 14.0. The van der Waals surface area contributed by atoms with Crippen LogP contribution in [0.4, 0.5) is 0 Å². The molecule has 0 spiro atoms. The van der Waals surface area contributed by atoms with Gasteiger partial charge in [0.05, 0.1) is 0 Å². The fourth-order valence-electron chi connectivity index (χ4n) is 2.87. The van der Waals surface area contributed by atoms with E-state index in [0.717, 1.165) is 36.8 Å².